The molecule has 0 nitrogen and oxygen atoms in total. The topological polar surface area (TPSA) is 0 Å². The van der Waals surface area contributed by atoms with E-state index in [1.807, 2.05) is 0 Å². The minimum absolute atomic E-state index is 1.07. The third kappa shape index (κ3) is 6.47. The quantitative estimate of drug-likeness (QED) is 0.489. The predicted molar refractivity (Wildman–Crippen MR) is 64.3 cm³/mol. The molecular weight excluding hydrogens is 168 g/mol. The van der Waals surface area contributed by atoms with Crippen molar-refractivity contribution in [2.45, 2.75) is 38.5 Å². The third-order valence-corrected chi connectivity index (χ3v) is 2.22. The lowest BCUT2D eigenvalue weighted by Gasteiger charge is -1.91. The van der Waals surface area contributed by atoms with E-state index in [0.717, 1.165) is 19.3 Å². The highest BCUT2D eigenvalue weighted by Gasteiger charge is 1.81. The van der Waals surface area contributed by atoms with Crippen molar-refractivity contribution in [1.29, 1.82) is 0 Å². The van der Waals surface area contributed by atoms with Gasteiger partial charge in [0.25, 0.3) is 0 Å². The third-order valence-electron chi connectivity index (χ3n) is 2.22. The van der Waals surface area contributed by atoms with Crippen molar-refractivity contribution in [3.63, 3.8) is 0 Å². The van der Waals surface area contributed by atoms with Gasteiger partial charge in [0.05, 0.1) is 0 Å². The van der Waals surface area contributed by atoms with Crippen LogP contribution in [0.3, 0.4) is 0 Å². The second-order valence-electron chi connectivity index (χ2n) is 3.52. The Morgan fingerprint density at radius 2 is 0.786 bits per heavy atom. The Hall–Kier alpha value is -1.04. The number of allylic oxidation sites excluding steroid dienone is 8. The Kier molecular flexibility index (Phi) is 6.74. The highest BCUT2D eigenvalue weighted by molar-refractivity contribution is 5.00. The maximum absolute atomic E-state index is 2.29. The van der Waals surface area contributed by atoms with Gasteiger partial charge in [-0.15, -0.1) is 0 Å². The molecule has 0 radical (unpaired) electrons. The van der Waals surface area contributed by atoms with Crippen LogP contribution in [0.5, 0.6) is 0 Å². The molecule has 0 aromatic heterocycles. The van der Waals surface area contributed by atoms with E-state index in [4.69, 9.17) is 0 Å². The Morgan fingerprint density at radius 3 is 1.21 bits per heavy atom. The van der Waals surface area contributed by atoms with Gasteiger partial charge in [-0.1, -0.05) is 48.6 Å². The molecule has 0 aromatic carbocycles. The standard InChI is InChI=1S/C14H20/c1-2-4-6-8-10-12-14-13-11-9-7-5-3-1/h1-2,5-8,11,13H,3-4,9-10,12,14H2. The van der Waals surface area contributed by atoms with Crippen molar-refractivity contribution in [2.24, 2.45) is 0 Å². The summed E-state index contributed by atoms with van der Waals surface area (Å²) in [5, 5.41) is 0. The summed E-state index contributed by atoms with van der Waals surface area (Å²) in [6.45, 7) is 0. The molecule has 0 saturated carbocycles. The summed E-state index contributed by atoms with van der Waals surface area (Å²) in [5.41, 5.74) is 0. The molecule has 14 heavy (non-hydrogen) atoms. The van der Waals surface area contributed by atoms with E-state index in [2.05, 4.69) is 48.6 Å². The second-order valence-corrected chi connectivity index (χ2v) is 3.52. The molecule has 0 heteroatoms. The number of rotatable bonds is 0. The minimum atomic E-state index is 1.07. The maximum atomic E-state index is 2.29. The Morgan fingerprint density at radius 1 is 0.429 bits per heavy atom. The molecule has 76 valence electrons. The molecule has 0 bridgehead atoms. The SMILES string of the molecule is C1=CCC=CCCCC=CCC=CC1. The van der Waals surface area contributed by atoms with Crippen LogP contribution in [0.25, 0.3) is 0 Å². The molecular formula is C14H20. The van der Waals surface area contributed by atoms with Gasteiger partial charge in [-0.3, -0.25) is 0 Å². The monoisotopic (exact) mass is 188 g/mol. The zero-order valence-corrected chi connectivity index (χ0v) is 8.86. The first-order valence-corrected chi connectivity index (χ1v) is 5.60. The van der Waals surface area contributed by atoms with Crippen LogP contribution in [-0.2, 0) is 0 Å². The molecule has 0 unspecified atom stereocenters. The van der Waals surface area contributed by atoms with E-state index in [-0.39, 0.29) is 0 Å². The van der Waals surface area contributed by atoms with Crippen molar-refractivity contribution in [2.75, 3.05) is 0 Å². The van der Waals surface area contributed by atoms with E-state index in [0.29, 0.717) is 0 Å². The fourth-order valence-corrected chi connectivity index (χ4v) is 1.40. The number of hydrogen-bond acceptors (Lipinski definition) is 0. The zero-order valence-electron chi connectivity index (χ0n) is 8.86. The van der Waals surface area contributed by atoms with Gasteiger partial charge in [-0.2, -0.15) is 0 Å². The van der Waals surface area contributed by atoms with E-state index >= 15 is 0 Å². The van der Waals surface area contributed by atoms with Crippen LogP contribution >= 0.6 is 0 Å². The maximum Gasteiger partial charge on any atom is -0.0169 e. The normalized spacial score (nSPS) is 19.4. The lowest BCUT2D eigenvalue weighted by atomic mass is 10.2. The van der Waals surface area contributed by atoms with E-state index in [9.17, 15) is 0 Å². The predicted octanol–water partition coefficient (Wildman–Crippen LogP) is 4.57. The van der Waals surface area contributed by atoms with Crippen LogP contribution in [-0.4, -0.2) is 0 Å². The van der Waals surface area contributed by atoms with Gasteiger partial charge in [-0.05, 0) is 38.5 Å². The van der Waals surface area contributed by atoms with Gasteiger partial charge < -0.3 is 0 Å². The molecule has 0 saturated heterocycles. The van der Waals surface area contributed by atoms with Gasteiger partial charge in [0.2, 0.25) is 0 Å². The van der Waals surface area contributed by atoms with Gasteiger partial charge in [0.15, 0.2) is 0 Å². The van der Waals surface area contributed by atoms with E-state index in [1.165, 1.54) is 19.3 Å². The first-order chi connectivity index (χ1) is 7.00. The smallest absolute Gasteiger partial charge is 0.0169 e. The molecule has 1 rings (SSSR count). The molecule has 0 atom stereocenters. The summed E-state index contributed by atoms with van der Waals surface area (Å²) in [6, 6.07) is 0. The fraction of sp³-hybridized carbons (Fsp3) is 0.429. The van der Waals surface area contributed by atoms with Crippen LogP contribution < -0.4 is 0 Å². The molecule has 1 aliphatic carbocycles. The molecule has 0 N–H and O–H groups in total. The fourth-order valence-electron chi connectivity index (χ4n) is 1.40. The first kappa shape index (κ1) is 11.0. The van der Waals surface area contributed by atoms with Crippen LogP contribution in [0.2, 0.25) is 0 Å². The summed E-state index contributed by atoms with van der Waals surface area (Å²) in [5.74, 6) is 0. The second kappa shape index (κ2) is 8.55. The van der Waals surface area contributed by atoms with Gasteiger partial charge in [0, 0.05) is 0 Å². The lowest BCUT2D eigenvalue weighted by molar-refractivity contribution is 0.864. The molecule has 0 aromatic rings. The molecule has 0 spiro atoms. The van der Waals surface area contributed by atoms with Gasteiger partial charge >= 0.3 is 0 Å². The van der Waals surface area contributed by atoms with Crippen molar-refractivity contribution in [3.05, 3.63) is 48.6 Å². The Bertz CT molecular complexity index is 204. The van der Waals surface area contributed by atoms with Crippen LogP contribution in [0, 0.1) is 0 Å². The van der Waals surface area contributed by atoms with Crippen molar-refractivity contribution in [1.82, 2.24) is 0 Å². The molecule has 0 heterocycles. The van der Waals surface area contributed by atoms with E-state index < -0.39 is 0 Å². The average Bonchev–Trinajstić information content (AvgIpc) is 2.22. The zero-order chi connectivity index (χ0) is 9.90. The van der Waals surface area contributed by atoms with Gasteiger partial charge in [0.1, 0.15) is 0 Å². The van der Waals surface area contributed by atoms with Crippen molar-refractivity contribution < 1.29 is 0 Å². The number of hydrogen-bond donors (Lipinski definition) is 0. The van der Waals surface area contributed by atoms with E-state index in [1.54, 1.807) is 0 Å². The Labute approximate surface area is 87.7 Å². The van der Waals surface area contributed by atoms with Crippen LogP contribution in [0.15, 0.2) is 48.6 Å². The first-order valence-electron chi connectivity index (χ1n) is 5.60. The summed E-state index contributed by atoms with van der Waals surface area (Å²) in [6.07, 6.45) is 25.0. The molecule has 0 fully saturated rings. The average molecular weight is 188 g/mol. The summed E-state index contributed by atoms with van der Waals surface area (Å²) < 4.78 is 0. The molecule has 1 aliphatic rings. The lowest BCUT2D eigenvalue weighted by Crippen LogP contribution is -1.71. The van der Waals surface area contributed by atoms with Crippen molar-refractivity contribution in [3.8, 4) is 0 Å². The van der Waals surface area contributed by atoms with Crippen LogP contribution in [0.1, 0.15) is 38.5 Å². The largest absolute Gasteiger partial charge is 0.0882 e. The summed E-state index contributed by atoms with van der Waals surface area (Å²) in [7, 11) is 0. The molecule has 0 amide bonds. The van der Waals surface area contributed by atoms with Crippen molar-refractivity contribution >= 4 is 0 Å². The minimum Gasteiger partial charge on any atom is -0.0882 e. The summed E-state index contributed by atoms with van der Waals surface area (Å²) in [4.78, 5) is 0. The molecule has 0 aliphatic heterocycles. The summed E-state index contributed by atoms with van der Waals surface area (Å²) >= 11 is 0. The van der Waals surface area contributed by atoms with Gasteiger partial charge in [-0.25, -0.2) is 0 Å². The highest BCUT2D eigenvalue weighted by Crippen LogP contribution is 2.01. The van der Waals surface area contributed by atoms with Crippen LogP contribution in [0.4, 0.5) is 0 Å². The Balaban J connectivity index is 2.34. The highest BCUT2D eigenvalue weighted by atomic mass is 13.9.